The molecule has 0 bridgehead atoms. The van der Waals surface area contributed by atoms with Gasteiger partial charge in [0.2, 0.25) is 0 Å². The molecule has 0 atom stereocenters. The third-order valence-electron chi connectivity index (χ3n) is 4.10. The van der Waals surface area contributed by atoms with Crippen LogP contribution in [-0.2, 0) is 0 Å². The van der Waals surface area contributed by atoms with Crippen molar-refractivity contribution in [1.29, 1.82) is 0 Å². The van der Waals surface area contributed by atoms with Gasteiger partial charge in [-0.05, 0) is 70.0 Å². The van der Waals surface area contributed by atoms with Gasteiger partial charge in [0.15, 0.2) is 0 Å². The minimum Gasteiger partial charge on any atom is -0.316 e. The van der Waals surface area contributed by atoms with Crippen LogP contribution in [0.3, 0.4) is 0 Å². The topological polar surface area (TPSA) is 15.3 Å². The normalized spacial score (nSPS) is 20.0. The second kappa shape index (κ2) is 7.49. The van der Waals surface area contributed by atoms with Gasteiger partial charge in [0.25, 0.3) is 0 Å². The summed E-state index contributed by atoms with van der Waals surface area (Å²) in [5.74, 6) is 1.85. The van der Waals surface area contributed by atoms with Crippen LogP contribution in [0.5, 0.6) is 0 Å². The van der Waals surface area contributed by atoms with E-state index in [1.54, 1.807) is 0 Å². The Hall–Kier alpha value is -0.0800. The smallest absolute Gasteiger partial charge is 0.00965 e. The van der Waals surface area contributed by atoms with Crippen molar-refractivity contribution in [2.75, 3.05) is 26.2 Å². The summed E-state index contributed by atoms with van der Waals surface area (Å²) in [6.07, 6.45) is 10.1. The lowest BCUT2D eigenvalue weighted by molar-refractivity contribution is 0.246. The predicted molar refractivity (Wildman–Crippen MR) is 78.9 cm³/mol. The van der Waals surface area contributed by atoms with Crippen LogP contribution in [0.1, 0.15) is 58.8 Å². The van der Waals surface area contributed by atoms with Gasteiger partial charge in [0.05, 0.1) is 0 Å². The zero-order valence-electron chi connectivity index (χ0n) is 12.5. The van der Waals surface area contributed by atoms with Gasteiger partial charge in [-0.1, -0.05) is 20.3 Å². The first-order chi connectivity index (χ1) is 8.75. The fourth-order valence-electron chi connectivity index (χ4n) is 2.63. The lowest BCUT2D eigenvalue weighted by Gasteiger charge is -2.21. The summed E-state index contributed by atoms with van der Waals surface area (Å²) in [5.41, 5.74) is 0. The SMILES string of the molecule is CC(C)CNCCCCCN(CC1CC1)C1CC1. The van der Waals surface area contributed by atoms with Gasteiger partial charge < -0.3 is 10.2 Å². The molecule has 0 amide bonds. The average molecular weight is 252 g/mol. The summed E-state index contributed by atoms with van der Waals surface area (Å²) in [4.78, 5) is 2.79. The van der Waals surface area contributed by atoms with Crippen LogP contribution >= 0.6 is 0 Å². The van der Waals surface area contributed by atoms with Crippen LogP contribution in [0, 0.1) is 11.8 Å². The Balaban J connectivity index is 1.43. The Morgan fingerprint density at radius 1 is 1.06 bits per heavy atom. The fraction of sp³-hybridized carbons (Fsp3) is 1.00. The van der Waals surface area contributed by atoms with Gasteiger partial charge in [-0.25, -0.2) is 0 Å². The number of rotatable bonds is 11. The van der Waals surface area contributed by atoms with E-state index < -0.39 is 0 Å². The van der Waals surface area contributed by atoms with E-state index in [9.17, 15) is 0 Å². The van der Waals surface area contributed by atoms with E-state index >= 15 is 0 Å². The molecule has 2 fully saturated rings. The monoisotopic (exact) mass is 252 g/mol. The first kappa shape index (κ1) is 14.3. The van der Waals surface area contributed by atoms with Crippen molar-refractivity contribution in [3.63, 3.8) is 0 Å². The molecule has 0 saturated heterocycles. The molecule has 106 valence electrons. The van der Waals surface area contributed by atoms with E-state index in [4.69, 9.17) is 0 Å². The highest BCUT2D eigenvalue weighted by atomic mass is 15.2. The lowest BCUT2D eigenvalue weighted by atomic mass is 10.2. The van der Waals surface area contributed by atoms with Crippen LogP contribution in [0.2, 0.25) is 0 Å². The Bertz CT molecular complexity index is 219. The second-order valence-corrected chi connectivity index (χ2v) is 6.83. The lowest BCUT2D eigenvalue weighted by Crippen LogP contribution is -2.29. The van der Waals surface area contributed by atoms with E-state index in [-0.39, 0.29) is 0 Å². The van der Waals surface area contributed by atoms with Gasteiger partial charge in [0, 0.05) is 12.6 Å². The van der Waals surface area contributed by atoms with Crippen LogP contribution in [-0.4, -0.2) is 37.1 Å². The molecule has 0 heterocycles. The molecule has 2 nitrogen and oxygen atoms in total. The van der Waals surface area contributed by atoms with Crippen LogP contribution in [0.15, 0.2) is 0 Å². The minimum absolute atomic E-state index is 0.786. The van der Waals surface area contributed by atoms with Crippen LogP contribution in [0.4, 0.5) is 0 Å². The highest BCUT2D eigenvalue weighted by molar-refractivity contribution is 4.88. The molecule has 1 N–H and O–H groups in total. The molecule has 0 spiro atoms. The molecule has 2 aliphatic rings. The van der Waals surface area contributed by atoms with E-state index in [2.05, 4.69) is 24.1 Å². The van der Waals surface area contributed by atoms with Crippen molar-refractivity contribution in [3.05, 3.63) is 0 Å². The molecular weight excluding hydrogens is 220 g/mol. The Kier molecular flexibility index (Phi) is 5.97. The number of unbranched alkanes of at least 4 members (excludes halogenated alkanes) is 2. The number of nitrogens with zero attached hydrogens (tertiary/aromatic N) is 1. The molecular formula is C16H32N2. The van der Waals surface area contributed by atoms with Crippen LogP contribution in [0.25, 0.3) is 0 Å². The Labute approximate surface area is 114 Å². The predicted octanol–water partition coefficient (Wildman–Crippen LogP) is 3.28. The van der Waals surface area contributed by atoms with Crippen molar-refractivity contribution in [1.82, 2.24) is 10.2 Å². The molecule has 0 radical (unpaired) electrons. The molecule has 0 aromatic heterocycles. The molecule has 2 rings (SSSR count). The van der Waals surface area contributed by atoms with Crippen molar-refractivity contribution in [3.8, 4) is 0 Å². The summed E-state index contributed by atoms with van der Waals surface area (Å²) in [6, 6.07) is 0.977. The molecule has 2 saturated carbocycles. The molecule has 2 heteroatoms. The van der Waals surface area contributed by atoms with Gasteiger partial charge in [-0.2, -0.15) is 0 Å². The van der Waals surface area contributed by atoms with Crippen molar-refractivity contribution >= 4 is 0 Å². The first-order valence-electron chi connectivity index (χ1n) is 8.20. The number of nitrogens with one attached hydrogen (secondary N) is 1. The van der Waals surface area contributed by atoms with E-state index in [1.165, 1.54) is 71.1 Å². The third-order valence-corrected chi connectivity index (χ3v) is 4.10. The van der Waals surface area contributed by atoms with Crippen molar-refractivity contribution < 1.29 is 0 Å². The van der Waals surface area contributed by atoms with Gasteiger partial charge in [0.1, 0.15) is 0 Å². The second-order valence-electron chi connectivity index (χ2n) is 6.83. The largest absolute Gasteiger partial charge is 0.316 e. The Morgan fingerprint density at radius 2 is 1.83 bits per heavy atom. The maximum Gasteiger partial charge on any atom is 0.00965 e. The third kappa shape index (κ3) is 6.19. The minimum atomic E-state index is 0.786. The van der Waals surface area contributed by atoms with Crippen molar-refractivity contribution in [2.24, 2.45) is 11.8 Å². The molecule has 0 aliphatic heterocycles. The molecule has 0 aromatic carbocycles. The number of hydrogen-bond donors (Lipinski definition) is 1. The molecule has 18 heavy (non-hydrogen) atoms. The zero-order valence-corrected chi connectivity index (χ0v) is 12.5. The molecule has 0 aromatic rings. The maximum absolute atomic E-state index is 3.54. The quantitative estimate of drug-likeness (QED) is 0.568. The summed E-state index contributed by atoms with van der Waals surface area (Å²) in [7, 11) is 0. The highest BCUT2D eigenvalue weighted by Crippen LogP contribution is 2.34. The zero-order chi connectivity index (χ0) is 12.8. The standard InChI is InChI=1S/C16H32N2/c1-14(2)12-17-10-4-3-5-11-18(16-8-9-16)13-15-6-7-15/h14-17H,3-13H2,1-2H3. The first-order valence-corrected chi connectivity index (χ1v) is 8.20. The van der Waals surface area contributed by atoms with E-state index in [1.807, 2.05) is 0 Å². The number of hydrogen-bond acceptors (Lipinski definition) is 2. The van der Waals surface area contributed by atoms with E-state index in [0.29, 0.717) is 0 Å². The summed E-state index contributed by atoms with van der Waals surface area (Å²) >= 11 is 0. The Morgan fingerprint density at radius 3 is 2.44 bits per heavy atom. The summed E-state index contributed by atoms with van der Waals surface area (Å²) in [5, 5.41) is 3.54. The highest BCUT2D eigenvalue weighted by Gasteiger charge is 2.32. The van der Waals surface area contributed by atoms with Crippen LogP contribution < -0.4 is 5.32 Å². The summed E-state index contributed by atoms with van der Waals surface area (Å²) in [6.45, 7) is 9.72. The molecule has 2 aliphatic carbocycles. The fourth-order valence-corrected chi connectivity index (χ4v) is 2.63. The van der Waals surface area contributed by atoms with E-state index in [0.717, 1.165) is 17.9 Å². The van der Waals surface area contributed by atoms with Gasteiger partial charge in [-0.3, -0.25) is 0 Å². The summed E-state index contributed by atoms with van der Waals surface area (Å²) < 4.78 is 0. The van der Waals surface area contributed by atoms with Gasteiger partial charge in [-0.15, -0.1) is 0 Å². The van der Waals surface area contributed by atoms with Gasteiger partial charge >= 0.3 is 0 Å². The maximum atomic E-state index is 3.54. The molecule has 0 unspecified atom stereocenters. The van der Waals surface area contributed by atoms with Crippen molar-refractivity contribution in [2.45, 2.75) is 64.8 Å². The average Bonchev–Trinajstić information content (AvgIpc) is 3.17.